The molecule has 0 saturated carbocycles. The van der Waals surface area contributed by atoms with Crippen molar-refractivity contribution < 1.29 is 9.21 Å². The van der Waals surface area contributed by atoms with Crippen LogP contribution >= 0.6 is 0 Å². The fourth-order valence-corrected chi connectivity index (χ4v) is 2.90. The molecule has 2 aromatic carbocycles. The molecule has 0 N–H and O–H groups in total. The molecule has 0 atom stereocenters. The van der Waals surface area contributed by atoms with Gasteiger partial charge in [0.05, 0.1) is 12.5 Å². The maximum atomic E-state index is 13.2. The second-order valence-electron chi connectivity index (χ2n) is 6.19. The zero-order chi connectivity index (χ0) is 18.0. The number of rotatable bonds is 4. The third-order valence-electron chi connectivity index (χ3n) is 4.53. The van der Waals surface area contributed by atoms with Crippen molar-refractivity contribution in [3.8, 4) is 6.07 Å². The van der Waals surface area contributed by atoms with E-state index < -0.39 is 0 Å². The van der Waals surface area contributed by atoms with Crippen LogP contribution in [0.25, 0.3) is 11.0 Å². The van der Waals surface area contributed by atoms with Gasteiger partial charge in [0.25, 0.3) is 5.91 Å². The van der Waals surface area contributed by atoms with Crippen LogP contribution in [0.3, 0.4) is 0 Å². The van der Waals surface area contributed by atoms with Crippen LogP contribution in [-0.2, 0) is 0 Å². The van der Waals surface area contributed by atoms with Gasteiger partial charge in [-0.05, 0) is 50.1 Å². The lowest BCUT2D eigenvalue weighted by molar-refractivity contribution is 0.0962. The number of hydrogen-bond donors (Lipinski definition) is 0. The molecule has 0 unspecified atom stereocenters. The number of carbonyl (C=O) groups excluding carboxylic acids is 1. The first-order chi connectivity index (χ1) is 12.0. The molecule has 0 aliphatic carbocycles. The highest BCUT2D eigenvalue weighted by atomic mass is 16.3. The highest BCUT2D eigenvalue weighted by molar-refractivity contribution is 6.08. The van der Waals surface area contributed by atoms with Gasteiger partial charge < -0.3 is 9.32 Å². The number of benzene rings is 2. The van der Waals surface area contributed by atoms with Crippen LogP contribution in [0.2, 0.25) is 0 Å². The molecule has 4 heteroatoms. The fourth-order valence-electron chi connectivity index (χ4n) is 2.90. The minimum atomic E-state index is -0.216. The second-order valence-corrected chi connectivity index (χ2v) is 6.19. The fraction of sp³-hybridized carbons (Fsp3) is 0.238. The number of fused-ring (bicyclic) bond motifs is 1. The van der Waals surface area contributed by atoms with Gasteiger partial charge in [-0.15, -0.1) is 0 Å². The van der Waals surface area contributed by atoms with Crippen LogP contribution < -0.4 is 4.90 Å². The number of para-hydroxylation sites is 1. The Labute approximate surface area is 147 Å². The molecule has 0 bridgehead atoms. The topological polar surface area (TPSA) is 57.2 Å². The molecule has 0 fully saturated rings. The molecular formula is C21H20N2O2. The van der Waals surface area contributed by atoms with Crippen molar-refractivity contribution in [1.82, 2.24) is 0 Å². The normalized spacial score (nSPS) is 10.6. The van der Waals surface area contributed by atoms with E-state index in [9.17, 15) is 4.79 Å². The lowest BCUT2D eigenvalue weighted by Gasteiger charge is -2.22. The Balaban J connectivity index is 2.05. The van der Waals surface area contributed by atoms with Crippen LogP contribution in [0, 0.1) is 32.1 Å². The van der Waals surface area contributed by atoms with Crippen molar-refractivity contribution in [2.45, 2.75) is 27.2 Å². The third-order valence-corrected chi connectivity index (χ3v) is 4.53. The van der Waals surface area contributed by atoms with Crippen LogP contribution in [0.5, 0.6) is 0 Å². The maximum Gasteiger partial charge on any atom is 0.294 e. The largest absolute Gasteiger partial charge is 0.451 e. The highest BCUT2D eigenvalue weighted by Crippen LogP contribution is 2.28. The summed E-state index contributed by atoms with van der Waals surface area (Å²) in [5.74, 6) is 0.115. The summed E-state index contributed by atoms with van der Waals surface area (Å²) in [6, 6.07) is 15.6. The number of amides is 1. The van der Waals surface area contributed by atoms with Crippen molar-refractivity contribution >= 4 is 22.6 Å². The minimum Gasteiger partial charge on any atom is -0.451 e. The second kappa shape index (κ2) is 6.82. The standard InChI is InChI=1S/C21H20N2O2/c1-14-9-10-17(13-15(14)2)23(12-6-11-22)21(24)20-16(3)18-7-4-5-8-19(18)25-20/h4-5,7-10,13H,6,12H2,1-3H3. The van der Waals surface area contributed by atoms with Crippen LogP contribution in [0.1, 0.15) is 33.7 Å². The summed E-state index contributed by atoms with van der Waals surface area (Å²) in [7, 11) is 0. The summed E-state index contributed by atoms with van der Waals surface area (Å²) < 4.78 is 5.82. The summed E-state index contributed by atoms with van der Waals surface area (Å²) in [4.78, 5) is 14.8. The molecule has 25 heavy (non-hydrogen) atoms. The van der Waals surface area contributed by atoms with Crippen molar-refractivity contribution in [2.75, 3.05) is 11.4 Å². The average molecular weight is 332 g/mol. The first-order valence-corrected chi connectivity index (χ1v) is 8.27. The van der Waals surface area contributed by atoms with Crippen molar-refractivity contribution in [3.05, 3.63) is 64.9 Å². The lowest BCUT2D eigenvalue weighted by Crippen LogP contribution is -2.32. The number of anilines is 1. The average Bonchev–Trinajstić information content (AvgIpc) is 2.95. The molecule has 1 amide bonds. The van der Waals surface area contributed by atoms with E-state index in [1.165, 1.54) is 0 Å². The molecule has 0 spiro atoms. The molecule has 3 aromatic rings. The van der Waals surface area contributed by atoms with Gasteiger partial charge in [-0.3, -0.25) is 4.79 Å². The molecule has 0 aliphatic heterocycles. The Kier molecular flexibility index (Phi) is 4.58. The molecule has 1 heterocycles. The van der Waals surface area contributed by atoms with Gasteiger partial charge in [0.15, 0.2) is 5.76 Å². The van der Waals surface area contributed by atoms with Crippen LogP contribution in [-0.4, -0.2) is 12.5 Å². The molecule has 1 aromatic heterocycles. The zero-order valence-corrected chi connectivity index (χ0v) is 14.7. The number of hydrogen-bond acceptors (Lipinski definition) is 3. The summed E-state index contributed by atoms with van der Waals surface area (Å²) in [5, 5.41) is 9.91. The molecule has 0 saturated heterocycles. The van der Waals surface area contributed by atoms with Crippen LogP contribution in [0.15, 0.2) is 46.9 Å². The lowest BCUT2D eigenvalue weighted by atomic mass is 10.1. The Morgan fingerprint density at radius 1 is 1.12 bits per heavy atom. The van der Waals surface area contributed by atoms with E-state index in [-0.39, 0.29) is 12.3 Å². The summed E-state index contributed by atoms with van der Waals surface area (Å²) in [6.45, 7) is 6.26. The third kappa shape index (κ3) is 3.14. The van der Waals surface area contributed by atoms with E-state index in [1.807, 2.05) is 63.2 Å². The quantitative estimate of drug-likeness (QED) is 0.681. The number of nitrogens with zero attached hydrogens (tertiary/aromatic N) is 2. The number of carbonyl (C=O) groups is 1. The highest BCUT2D eigenvalue weighted by Gasteiger charge is 2.24. The predicted octanol–water partition coefficient (Wildman–Crippen LogP) is 4.92. The van der Waals surface area contributed by atoms with E-state index >= 15 is 0 Å². The first-order valence-electron chi connectivity index (χ1n) is 8.27. The van der Waals surface area contributed by atoms with Gasteiger partial charge in [-0.2, -0.15) is 5.26 Å². The molecular weight excluding hydrogens is 312 g/mol. The number of nitriles is 1. The van der Waals surface area contributed by atoms with E-state index in [0.717, 1.165) is 27.8 Å². The van der Waals surface area contributed by atoms with E-state index in [0.29, 0.717) is 17.9 Å². The SMILES string of the molecule is Cc1ccc(N(CCC#N)C(=O)c2oc3ccccc3c2C)cc1C. The van der Waals surface area contributed by atoms with E-state index in [2.05, 4.69) is 6.07 Å². The van der Waals surface area contributed by atoms with Crippen molar-refractivity contribution in [1.29, 1.82) is 5.26 Å². The van der Waals surface area contributed by atoms with Gasteiger partial charge in [0, 0.05) is 23.2 Å². The Morgan fingerprint density at radius 3 is 2.56 bits per heavy atom. The summed E-state index contributed by atoms with van der Waals surface area (Å²) >= 11 is 0. The molecule has 3 rings (SSSR count). The molecule has 126 valence electrons. The maximum absolute atomic E-state index is 13.2. The summed E-state index contributed by atoms with van der Waals surface area (Å²) in [6.07, 6.45) is 0.262. The van der Waals surface area contributed by atoms with Crippen molar-refractivity contribution in [2.24, 2.45) is 0 Å². The van der Waals surface area contributed by atoms with E-state index in [4.69, 9.17) is 9.68 Å². The van der Waals surface area contributed by atoms with Gasteiger partial charge in [-0.25, -0.2) is 0 Å². The molecule has 0 radical (unpaired) electrons. The zero-order valence-electron chi connectivity index (χ0n) is 14.7. The Hall–Kier alpha value is -3.06. The van der Waals surface area contributed by atoms with Crippen molar-refractivity contribution in [3.63, 3.8) is 0 Å². The molecule has 4 nitrogen and oxygen atoms in total. The van der Waals surface area contributed by atoms with Crippen LogP contribution in [0.4, 0.5) is 5.69 Å². The van der Waals surface area contributed by atoms with Gasteiger partial charge in [-0.1, -0.05) is 24.3 Å². The predicted molar refractivity (Wildman–Crippen MR) is 98.8 cm³/mol. The summed E-state index contributed by atoms with van der Waals surface area (Å²) in [5.41, 5.74) is 4.57. The monoisotopic (exact) mass is 332 g/mol. The van der Waals surface area contributed by atoms with Gasteiger partial charge >= 0.3 is 0 Å². The number of furan rings is 1. The van der Waals surface area contributed by atoms with Gasteiger partial charge in [0.1, 0.15) is 5.58 Å². The smallest absolute Gasteiger partial charge is 0.294 e. The number of aryl methyl sites for hydroxylation is 3. The first kappa shape index (κ1) is 16.8. The molecule has 0 aliphatic rings. The Morgan fingerprint density at radius 2 is 1.88 bits per heavy atom. The van der Waals surface area contributed by atoms with E-state index in [1.54, 1.807) is 4.90 Å². The van der Waals surface area contributed by atoms with Gasteiger partial charge in [0.2, 0.25) is 0 Å². The Bertz CT molecular complexity index is 979. The minimum absolute atomic E-state index is 0.216.